The van der Waals surface area contributed by atoms with Gasteiger partial charge >= 0.3 is 5.97 Å². The molecule has 1 amide bonds. The van der Waals surface area contributed by atoms with Crippen molar-refractivity contribution in [3.63, 3.8) is 0 Å². The summed E-state index contributed by atoms with van der Waals surface area (Å²) in [5, 5.41) is 12.4. The predicted molar refractivity (Wildman–Crippen MR) is 90.5 cm³/mol. The van der Waals surface area contributed by atoms with Crippen LogP contribution in [0.25, 0.3) is 0 Å². The summed E-state index contributed by atoms with van der Waals surface area (Å²) in [6.45, 7) is 1.83. The van der Waals surface area contributed by atoms with E-state index in [2.05, 4.69) is 21.2 Å². The fraction of sp³-hybridized carbons (Fsp3) is 0.529. The molecule has 23 heavy (non-hydrogen) atoms. The van der Waals surface area contributed by atoms with Gasteiger partial charge in [-0.1, -0.05) is 28.8 Å². The molecule has 1 aromatic rings. The SMILES string of the molecule is COc1ccc(Br)cc1CC(=O)NC1(C)CCCCC1C(=O)O. The Morgan fingerprint density at radius 2 is 2.17 bits per heavy atom. The Balaban J connectivity index is 2.12. The van der Waals surface area contributed by atoms with Gasteiger partial charge < -0.3 is 15.2 Å². The van der Waals surface area contributed by atoms with Crippen LogP contribution in [0.4, 0.5) is 0 Å². The summed E-state index contributed by atoms with van der Waals surface area (Å²) < 4.78 is 6.15. The number of methoxy groups -OCH3 is 1. The molecule has 0 aromatic heterocycles. The molecule has 0 saturated heterocycles. The largest absolute Gasteiger partial charge is 0.496 e. The molecule has 0 radical (unpaired) electrons. The van der Waals surface area contributed by atoms with E-state index in [1.54, 1.807) is 13.2 Å². The van der Waals surface area contributed by atoms with E-state index >= 15 is 0 Å². The van der Waals surface area contributed by atoms with Crippen molar-refractivity contribution in [2.45, 2.75) is 44.6 Å². The van der Waals surface area contributed by atoms with E-state index in [9.17, 15) is 14.7 Å². The monoisotopic (exact) mass is 383 g/mol. The van der Waals surface area contributed by atoms with Gasteiger partial charge in [-0.3, -0.25) is 9.59 Å². The van der Waals surface area contributed by atoms with Crippen molar-refractivity contribution in [3.8, 4) is 5.75 Å². The summed E-state index contributed by atoms with van der Waals surface area (Å²) in [6, 6.07) is 5.49. The molecule has 5 nitrogen and oxygen atoms in total. The van der Waals surface area contributed by atoms with Crippen LogP contribution in [0, 0.1) is 5.92 Å². The van der Waals surface area contributed by atoms with E-state index in [0.29, 0.717) is 18.6 Å². The third-order valence-electron chi connectivity index (χ3n) is 4.52. The molecule has 126 valence electrons. The Bertz CT molecular complexity index is 604. The van der Waals surface area contributed by atoms with E-state index in [1.807, 2.05) is 19.1 Å². The number of carbonyl (C=O) groups excluding carboxylic acids is 1. The highest BCUT2D eigenvalue weighted by molar-refractivity contribution is 9.10. The first-order chi connectivity index (χ1) is 10.9. The van der Waals surface area contributed by atoms with E-state index < -0.39 is 17.4 Å². The molecule has 1 aromatic carbocycles. The van der Waals surface area contributed by atoms with Crippen LogP contribution in [0.5, 0.6) is 5.75 Å². The lowest BCUT2D eigenvalue weighted by Crippen LogP contribution is -2.55. The number of ether oxygens (including phenoxy) is 1. The first-order valence-electron chi connectivity index (χ1n) is 7.72. The second-order valence-electron chi connectivity index (χ2n) is 6.24. The van der Waals surface area contributed by atoms with Gasteiger partial charge in [0.2, 0.25) is 5.91 Å². The van der Waals surface area contributed by atoms with Gasteiger partial charge in [-0.25, -0.2) is 0 Å². The zero-order valence-electron chi connectivity index (χ0n) is 13.4. The van der Waals surface area contributed by atoms with Gasteiger partial charge in [-0.05, 0) is 38.0 Å². The summed E-state index contributed by atoms with van der Waals surface area (Å²) in [4.78, 5) is 23.9. The molecule has 1 saturated carbocycles. The minimum atomic E-state index is -0.840. The zero-order valence-corrected chi connectivity index (χ0v) is 15.0. The maximum Gasteiger partial charge on any atom is 0.308 e. The topological polar surface area (TPSA) is 75.6 Å². The number of carboxylic acids is 1. The summed E-state index contributed by atoms with van der Waals surface area (Å²) in [6.07, 6.45) is 3.27. The third kappa shape index (κ3) is 4.25. The summed E-state index contributed by atoms with van der Waals surface area (Å²) >= 11 is 3.39. The van der Waals surface area contributed by atoms with Crippen LogP contribution in [0.3, 0.4) is 0 Å². The average Bonchev–Trinajstić information content (AvgIpc) is 2.46. The standard InChI is InChI=1S/C17H22BrNO4/c1-17(8-4-3-5-13(17)16(21)22)19-15(20)10-11-9-12(18)6-7-14(11)23-2/h6-7,9,13H,3-5,8,10H2,1-2H3,(H,19,20)(H,21,22). The van der Waals surface area contributed by atoms with Gasteiger partial charge in [-0.2, -0.15) is 0 Å². The van der Waals surface area contributed by atoms with Crippen LogP contribution in [0.15, 0.2) is 22.7 Å². The number of halogens is 1. The molecule has 0 aliphatic heterocycles. The average molecular weight is 384 g/mol. The molecule has 0 heterocycles. The predicted octanol–water partition coefficient (Wildman–Crippen LogP) is 3.15. The van der Waals surface area contributed by atoms with Gasteiger partial charge in [0.1, 0.15) is 5.75 Å². The maximum atomic E-state index is 12.5. The minimum absolute atomic E-state index is 0.157. The molecule has 1 fully saturated rings. The van der Waals surface area contributed by atoms with Crippen LogP contribution in [-0.2, 0) is 16.0 Å². The van der Waals surface area contributed by atoms with Crippen molar-refractivity contribution in [2.75, 3.05) is 7.11 Å². The van der Waals surface area contributed by atoms with Gasteiger partial charge in [0, 0.05) is 10.0 Å². The van der Waals surface area contributed by atoms with Crippen molar-refractivity contribution in [2.24, 2.45) is 5.92 Å². The third-order valence-corrected chi connectivity index (χ3v) is 5.02. The number of benzene rings is 1. The van der Waals surface area contributed by atoms with Crippen molar-refractivity contribution in [3.05, 3.63) is 28.2 Å². The number of nitrogens with one attached hydrogen (secondary N) is 1. The zero-order chi connectivity index (χ0) is 17.0. The summed E-state index contributed by atoms with van der Waals surface area (Å²) in [5.74, 6) is -0.916. The number of hydrogen-bond donors (Lipinski definition) is 2. The number of carbonyl (C=O) groups is 2. The van der Waals surface area contributed by atoms with Crippen molar-refractivity contribution in [1.29, 1.82) is 0 Å². The Kier molecular flexibility index (Phi) is 5.68. The lowest BCUT2D eigenvalue weighted by molar-refractivity contribution is -0.146. The Labute approximate surface area is 144 Å². The highest BCUT2D eigenvalue weighted by Crippen LogP contribution is 2.34. The number of rotatable bonds is 5. The first-order valence-corrected chi connectivity index (χ1v) is 8.51. The van der Waals surface area contributed by atoms with Crippen LogP contribution in [0.1, 0.15) is 38.2 Å². The molecule has 2 atom stereocenters. The smallest absolute Gasteiger partial charge is 0.308 e. The van der Waals surface area contributed by atoms with Gasteiger partial charge in [-0.15, -0.1) is 0 Å². The number of amides is 1. The number of hydrogen-bond acceptors (Lipinski definition) is 3. The molecular weight excluding hydrogens is 362 g/mol. The van der Waals surface area contributed by atoms with Crippen LogP contribution in [0.2, 0.25) is 0 Å². The molecule has 2 rings (SSSR count). The summed E-state index contributed by atoms with van der Waals surface area (Å²) in [5.41, 5.74) is 0.0751. The molecule has 1 aliphatic carbocycles. The maximum absolute atomic E-state index is 12.5. The van der Waals surface area contributed by atoms with E-state index in [-0.39, 0.29) is 12.3 Å². The quantitative estimate of drug-likeness (QED) is 0.818. The van der Waals surface area contributed by atoms with Crippen molar-refractivity contribution in [1.82, 2.24) is 5.32 Å². The van der Waals surface area contributed by atoms with Crippen molar-refractivity contribution >= 4 is 27.8 Å². The Morgan fingerprint density at radius 1 is 1.43 bits per heavy atom. The van der Waals surface area contributed by atoms with Crippen LogP contribution in [-0.4, -0.2) is 29.6 Å². The molecule has 0 spiro atoms. The Morgan fingerprint density at radius 3 is 2.83 bits per heavy atom. The Hall–Kier alpha value is -1.56. The number of aliphatic carboxylic acids is 1. The minimum Gasteiger partial charge on any atom is -0.496 e. The molecular formula is C17H22BrNO4. The molecule has 6 heteroatoms. The first kappa shape index (κ1) is 17.8. The lowest BCUT2D eigenvalue weighted by atomic mass is 9.74. The summed E-state index contributed by atoms with van der Waals surface area (Å²) in [7, 11) is 1.56. The van der Waals surface area contributed by atoms with Gasteiger partial charge in [0.25, 0.3) is 0 Å². The molecule has 2 N–H and O–H groups in total. The lowest BCUT2D eigenvalue weighted by Gasteiger charge is -2.39. The molecule has 1 aliphatic rings. The molecule has 0 bridgehead atoms. The fourth-order valence-electron chi connectivity index (χ4n) is 3.30. The van der Waals surface area contributed by atoms with E-state index in [0.717, 1.165) is 22.9 Å². The van der Waals surface area contributed by atoms with Crippen LogP contribution >= 0.6 is 15.9 Å². The van der Waals surface area contributed by atoms with Gasteiger partial charge in [0.15, 0.2) is 0 Å². The van der Waals surface area contributed by atoms with E-state index in [1.165, 1.54) is 0 Å². The highest BCUT2D eigenvalue weighted by Gasteiger charge is 2.42. The second-order valence-corrected chi connectivity index (χ2v) is 7.15. The van der Waals surface area contributed by atoms with E-state index in [4.69, 9.17) is 4.74 Å². The second kappa shape index (κ2) is 7.34. The van der Waals surface area contributed by atoms with Crippen molar-refractivity contribution < 1.29 is 19.4 Å². The fourth-order valence-corrected chi connectivity index (χ4v) is 3.71. The van der Waals surface area contributed by atoms with Crippen LogP contribution < -0.4 is 10.1 Å². The number of carboxylic acid groups (broad SMARTS) is 1. The highest BCUT2D eigenvalue weighted by atomic mass is 79.9. The molecule has 2 unspecified atom stereocenters. The van der Waals surface area contributed by atoms with Gasteiger partial charge in [0.05, 0.1) is 25.0 Å². The normalized spacial score (nSPS) is 24.0.